The summed E-state index contributed by atoms with van der Waals surface area (Å²) in [5, 5.41) is 5.16. The molecule has 0 aliphatic heterocycles. The molecule has 1 amide bonds. The molecule has 1 heterocycles. The first kappa shape index (κ1) is 30.4. The number of halogens is 1. The number of hydrogen-bond donors (Lipinski definition) is 2. The van der Waals surface area contributed by atoms with Crippen LogP contribution < -0.4 is 24.4 Å². The topological polar surface area (TPSA) is 111 Å². The average molecular weight is 657 g/mol. The molecule has 0 aliphatic carbocycles. The van der Waals surface area contributed by atoms with Crippen LogP contribution in [0.15, 0.2) is 82.4 Å². The predicted octanol–water partition coefficient (Wildman–Crippen LogP) is 7.22. The summed E-state index contributed by atoms with van der Waals surface area (Å²) < 4.78 is 22.5. The third-order valence-electron chi connectivity index (χ3n) is 6.98. The Morgan fingerprint density at radius 2 is 1.57 bits per heavy atom. The van der Waals surface area contributed by atoms with Crippen LogP contribution in [0.25, 0.3) is 22.0 Å². The number of aromatic amines is 1. The molecule has 4 aromatic carbocycles. The number of ether oxygens (including phenoxy) is 4. The van der Waals surface area contributed by atoms with Gasteiger partial charge in [-0.2, -0.15) is 5.10 Å². The van der Waals surface area contributed by atoms with E-state index in [-0.39, 0.29) is 11.3 Å². The number of nitrogens with one attached hydrogen (secondary N) is 2. The van der Waals surface area contributed by atoms with Crippen LogP contribution >= 0.6 is 15.9 Å². The second-order valence-electron chi connectivity index (χ2n) is 9.93. The first-order chi connectivity index (χ1) is 21.2. The minimum Gasteiger partial charge on any atom is -0.493 e. The molecule has 0 fully saturated rings. The summed E-state index contributed by atoms with van der Waals surface area (Å²) >= 11 is 3.44. The van der Waals surface area contributed by atoms with Gasteiger partial charge in [-0.05, 0) is 61.4 Å². The molecule has 0 radical (unpaired) electrons. The SMILES string of the molecule is COc1cc(C(=O)Oc2ccc(Br)cc2C=NNC(=O)c2[nH]c3c(C)cc(C)cc3c2-c2ccccc2)cc(OC)c1OC. The van der Waals surface area contributed by atoms with Crippen LogP contribution in [-0.4, -0.2) is 44.4 Å². The van der Waals surface area contributed by atoms with Crippen LogP contribution in [0.2, 0.25) is 0 Å². The van der Waals surface area contributed by atoms with Gasteiger partial charge in [-0.25, -0.2) is 10.2 Å². The van der Waals surface area contributed by atoms with Crippen LogP contribution in [0.4, 0.5) is 0 Å². The highest BCUT2D eigenvalue weighted by Gasteiger charge is 2.21. The summed E-state index contributed by atoms with van der Waals surface area (Å²) in [5.74, 6) is 0.148. The Bertz CT molecular complexity index is 1870. The lowest BCUT2D eigenvalue weighted by Crippen LogP contribution is -2.19. The van der Waals surface area contributed by atoms with Gasteiger partial charge in [0, 0.05) is 26.5 Å². The minimum atomic E-state index is -0.651. The summed E-state index contributed by atoms with van der Waals surface area (Å²) in [4.78, 5) is 30.0. The van der Waals surface area contributed by atoms with E-state index < -0.39 is 11.9 Å². The maximum Gasteiger partial charge on any atom is 0.343 e. The molecular weight excluding hydrogens is 626 g/mol. The summed E-state index contributed by atoms with van der Waals surface area (Å²) in [5.41, 5.74) is 8.37. The maximum absolute atomic E-state index is 13.5. The Hall–Kier alpha value is -5.09. The van der Waals surface area contributed by atoms with Crippen molar-refractivity contribution in [2.24, 2.45) is 5.10 Å². The second-order valence-corrected chi connectivity index (χ2v) is 10.8. The van der Waals surface area contributed by atoms with E-state index in [9.17, 15) is 9.59 Å². The predicted molar refractivity (Wildman–Crippen MR) is 173 cm³/mol. The van der Waals surface area contributed by atoms with Crippen molar-refractivity contribution in [2.45, 2.75) is 13.8 Å². The molecule has 0 unspecified atom stereocenters. The number of rotatable bonds is 9. The van der Waals surface area contributed by atoms with Gasteiger partial charge in [-0.3, -0.25) is 4.79 Å². The van der Waals surface area contributed by atoms with Crippen LogP contribution in [0.3, 0.4) is 0 Å². The highest BCUT2D eigenvalue weighted by molar-refractivity contribution is 9.10. The fourth-order valence-electron chi connectivity index (χ4n) is 5.02. The van der Waals surface area contributed by atoms with Crippen LogP contribution in [0.1, 0.15) is 37.5 Å². The second kappa shape index (κ2) is 13.0. The van der Waals surface area contributed by atoms with Gasteiger partial charge in [-0.15, -0.1) is 0 Å². The number of hydrazone groups is 1. The van der Waals surface area contributed by atoms with Gasteiger partial charge in [0.15, 0.2) is 11.5 Å². The number of carbonyl (C=O) groups is 2. The van der Waals surface area contributed by atoms with E-state index >= 15 is 0 Å². The van der Waals surface area contributed by atoms with E-state index in [1.54, 1.807) is 18.2 Å². The maximum atomic E-state index is 13.5. The Morgan fingerprint density at radius 3 is 2.23 bits per heavy atom. The van der Waals surface area contributed by atoms with Crippen molar-refractivity contribution in [1.29, 1.82) is 0 Å². The number of methoxy groups -OCH3 is 3. The van der Waals surface area contributed by atoms with Gasteiger partial charge >= 0.3 is 5.97 Å². The number of nitrogens with zero attached hydrogens (tertiary/aromatic N) is 1. The molecule has 0 spiro atoms. The van der Waals surface area contributed by atoms with Gasteiger partial charge in [0.25, 0.3) is 5.91 Å². The molecule has 0 saturated carbocycles. The first-order valence-electron chi connectivity index (χ1n) is 13.6. The van der Waals surface area contributed by atoms with Crippen LogP contribution in [-0.2, 0) is 0 Å². The summed E-state index contributed by atoms with van der Waals surface area (Å²) in [6.07, 6.45) is 1.42. The van der Waals surface area contributed by atoms with Crippen molar-refractivity contribution in [2.75, 3.05) is 21.3 Å². The van der Waals surface area contributed by atoms with Crippen molar-refractivity contribution < 1.29 is 28.5 Å². The minimum absolute atomic E-state index is 0.191. The van der Waals surface area contributed by atoms with Crippen LogP contribution in [0.5, 0.6) is 23.0 Å². The van der Waals surface area contributed by atoms with Gasteiger partial charge in [0.2, 0.25) is 5.75 Å². The number of benzene rings is 4. The molecule has 5 rings (SSSR count). The zero-order valence-corrected chi connectivity index (χ0v) is 26.4. The van der Waals surface area contributed by atoms with Crippen molar-refractivity contribution in [3.8, 4) is 34.1 Å². The number of amides is 1. The number of H-pyrrole nitrogens is 1. The lowest BCUT2D eigenvalue weighted by molar-refractivity contribution is 0.0733. The molecule has 5 aromatic rings. The van der Waals surface area contributed by atoms with Gasteiger partial charge in [0.05, 0.1) is 33.1 Å². The van der Waals surface area contributed by atoms with E-state index in [1.807, 2.05) is 44.2 Å². The molecule has 44 heavy (non-hydrogen) atoms. The largest absolute Gasteiger partial charge is 0.493 e. The average Bonchev–Trinajstić information content (AvgIpc) is 3.41. The molecular formula is C34H30BrN3O6. The van der Waals surface area contributed by atoms with Gasteiger partial charge in [-0.1, -0.05) is 57.9 Å². The number of aromatic nitrogens is 1. The smallest absolute Gasteiger partial charge is 0.343 e. The molecule has 10 heteroatoms. The summed E-state index contributed by atoms with van der Waals surface area (Å²) in [7, 11) is 4.41. The Labute approximate surface area is 262 Å². The van der Waals surface area contributed by atoms with Crippen molar-refractivity contribution in [3.63, 3.8) is 0 Å². The Kier molecular flexibility index (Phi) is 9.01. The van der Waals surface area contributed by atoms with Crippen LogP contribution in [0, 0.1) is 13.8 Å². The molecule has 0 atom stereocenters. The van der Waals surface area contributed by atoms with E-state index in [4.69, 9.17) is 18.9 Å². The number of esters is 1. The zero-order valence-electron chi connectivity index (χ0n) is 24.8. The molecule has 0 aliphatic rings. The molecule has 9 nitrogen and oxygen atoms in total. The molecule has 0 saturated heterocycles. The standard InChI is InChI=1S/C34H30BrN3O6/c1-19-13-20(2)30-25(14-19)29(21-9-7-6-8-10-21)31(37-30)33(39)38-36-18-23-15-24(35)11-12-26(23)44-34(40)22-16-27(41-3)32(43-5)28(17-22)42-4/h6-18,37H,1-5H3,(H,38,39). The number of aryl methyl sites for hydroxylation is 2. The summed E-state index contributed by atoms with van der Waals surface area (Å²) in [6, 6.07) is 22.0. The van der Waals surface area contributed by atoms with E-state index in [1.165, 1.54) is 39.7 Å². The lowest BCUT2D eigenvalue weighted by Gasteiger charge is -2.14. The zero-order chi connectivity index (χ0) is 31.4. The molecule has 0 bridgehead atoms. The van der Waals surface area contributed by atoms with E-state index in [2.05, 4.69) is 43.6 Å². The fourth-order valence-corrected chi connectivity index (χ4v) is 5.39. The quantitative estimate of drug-likeness (QED) is 0.0750. The van der Waals surface area contributed by atoms with Crippen molar-refractivity contribution >= 4 is 44.9 Å². The number of carbonyl (C=O) groups excluding carboxylic acids is 2. The molecule has 1 aromatic heterocycles. The monoisotopic (exact) mass is 655 g/mol. The van der Waals surface area contributed by atoms with E-state index in [0.29, 0.717) is 28.5 Å². The summed E-state index contributed by atoms with van der Waals surface area (Å²) in [6.45, 7) is 4.04. The van der Waals surface area contributed by atoms with Gasteiger partial charge in [0.1, 0.15) is 11.4 Å². The number of hydrogen-bond acceptors (Lipinski definition) is 7. The highest BCUT2D eigenvalue weighted by atomic mass is 79.9. The first-order valence-corrected chi connectivity index (χ1v) is 14.4. The van der Waals surface area contributed by atoms with Gasteiger partial charge < -0.3 is 23.9 Å². The third kappa shape index (κ3) is 6.16. The highest BCUT2D eigenvalue weighted by Crippen LogP contribution is 2.39. The fraction of sp³-hybridized carbons (Fsp3) is 0.147. The lowest BCUT2D eigenvalue weighted by atomic mass is 9.99. The number of fused-ring (bicyclic) bond motifs is 1. The Morgan fingerprint density at radius 1 is 0.864 bits per heavy atom. The van der Waals surface area contributed by atoms with Crippen molar-refractivity contribution in [3.05, 3.63) is 105 Å². The van der Waals surface area contributed by atoms with Crippen molar-refractivity contribution in [1.82, 2.24) is 10.4 Å². The molecule has 224 valence electrons. The molecule has 2 N–H and O–H groups in total. The normalized spacial score (nSPS) is 11.0. The van der Waals surface area contributed by atoms with E-state index in [0.717, 1.165) is 37.6 Å². The Balaban J connectivity index is 1.43. The third-order valence-corrected chi connectivity index (χ3v) is 7.48.